The third kappa shape index (κ3) is 2.94. The summed E-state index contributed by atoms with van der Waals surface area (Å²) in [6, 6.07) is 14.7. The first-order valence-electron chi connectivity index (χ1n) is 7.64. The molecular weight excluding hydrogens is 320 g/mol. The van der Waals surface area contributed by atoms with Crippen molar-refractivity contribution in [2.24, 2.45) is 0 Å². The maximum atomic E-state index is 11.1. The lowest BCUT2D eigenvalue weighted by atomic mass is 10.1. The predicted octanol–water partition coefficient (Wildman–Crippen LogP) is 3.03. The van der Waals surface area contributed by atoms with Crippen LogP contribution in [0.15, 0.2) is 60.9 Å². The number of carboxylic acid groups (broad SMARTS) is 1. The zero-order valence-corrected chi connectivity index (χ0v) is 13.1. The molecule has 0 saturated carbocycles. The maximum Gasteiger partial charge on any atom is 0.335 e. The quantitative estimate of drug-likeness (QED) is 0.585. The Kier molecular flexibility index (Phi) is 3.66. The van der Waals surface area contributed by atoms with Crippen molar-refractivity contribution >= 4 is 16.9 Å². The molecule has 7 heteroatoms. The SMILES string of the molecule is O=C(O)c1ccc2c(cnn2-c2ncc(OCc3ccccc3)[nH]2)c1. The number of rotatable bonds is 5. The number of nitrogens with zero attached hydrogens (tertiary/aromatic N) is 3. The topological polar surface area (TPSA) is 93.0 Å². The Morgan fingerprint density at radius 3 is 2.80 bits per heavy atom. The molecular formula is C18H14N4O3. The van der Waals surface area contributed by atoms with E-state index in [1.165, 1.54) is 0 Å². The van der Waals surface area contributed by atoms with Crippen molar-refractivity contribution < 1.29 is 14.6 Å². The summed E-state index contributed by atoms with van der Waals surface area (Å²) in [7, 11) is 0. The van der Waals surface area contributed by atoms with E-state index < -0.39 is 5.97 Å². The van der Waals surface area contributed by atoms with Gasteiger partial charge in [0, 0.05) is 5.39 Å². The summed E-state index contributed by atoms with van der Waals surface area (Å²) < 4.78 is 7.30. The highest BCUT2D eigenvalue weighted by molar-refractivity contribution is 5.93. The highest BCUT2D eigenvalue weighted by atomic mass is 16.5. The molecule has 2 N–H and O–H groups in total. The number of fused-ring (bicyclic) bond motifs is 1. The van der Waals surface area contributed by atoms with Crippen molar-refractivity contribution in [2.45, 2.75) is 6.61 Å². The van der Waals surface area contributed by atoms with Gasteiger partial charge >= 0.3 is 5.97 Å². The second-order valence-corrected chi connectivity index (χ2v) is 5.48. The summed E-state index contributed by atoms with van der Waals surface area (Å²) in [6.45, 7) is 0.435. The van der Waals surface area contributed by atoms with Gasteiger partial charge < -0.3 is 9.84 Å². The van der Waals surface area contributed by atoms with Crippen molar-refractivity contribution in [3.05, 3.63) is 72.1 Å². The van der Waals surface area contributed by atoms with Gasteiger partial charge in [0.25, 0.3) is 0 Å². The number of imidazole rings is 1. The van der Waals surface area contributed by atoms with Crippen LogP contribution in [-0.2, 0) is 6.61 Å². The zero-order valence-electron chi connectivity index (χ0n) is 13.1. The summed E-state index contributed by atoms with van der Waals surface area (Å²) in [5, 5.41) is 14.1. The van der Waals surface area contributed by atoms with E-state index in [0.717, 1.165) is 16.5 Å². The van der Waals surface area contributed by atoms with Gasteiger partial charge in [0.15, 0.2) is 0 Å². The third-order valence-electron chi connectivity index (χ3n) is 3.79. The molecule has 2 aromatic carbocycles. The molecule has 2 aromatic heterocycles. The van der Waals surface area contributed by atoms with Crippen LogP contribution in [0.4, 0.5) is 0 Å². The fourth-order valence-corrected chi connectivity index (χ4v) is 2.55. The Morgan fingerprint density at radius 1 is 1.16 bits per heavy atom. The van der Waals surface area contributed by atoms with Gasteiger partial charge in [0.2, 0.25) is 11.8 Å². The van der Waals surface area contributed by atoms with Crippen LogP contribution in [0, 0.1) is 0 Å². The molecule has 0 radical (unpaired) electrons. The summed E-state index contributed by atoms with van der Waals surface area (Å²) in [5.74, 6) is 0.0649. The monoisotopic (exact) mass is 334 g/mol. The fraction of sp³-hybridized carbons (Fsp3) is 0.0556. The van der Waals surface area contributed by atoms with E-state index in [1.807, 2.05) is 30.3 Å². The van der Waals surface area contributed by atoms with E-state index >= 15 is 0 Å². The number of carboxylic acids is 1. The van der Waals surface area contributed by atoms with Crippen LogP contribution in [0.2, 0.25) is 0 Å². The average molecular weight is 334 g/mol. The summed E-state index contributed by atoms with van der Waals surface area (Å²) in [4.78, 5) is 18.4. The van der Waals surface area contributed by atoms with Gasteiger partial charge in [-0.1, -0.05) is 30.3 Å². The van der Waals surface area contributed by atoms with Crippen molar-refractivity contribution in [1.82, 2.24) is 19.7 Å². The lowest BCUT2D eigenvalue weighted by Gasteiger charge is -2.03. The molecule has 0 aliphatic carbocycles. The Morgan fingerprint density at radius 2 is 2.00 bits per heavy atom. The first kappa shape index (κ1) is 14.9. The molecule has 0 saturated heterocycles. The smallest absolute Gasteiger partial charge is 0.335 e. The lowest BCUT2D eigenvalue weighted by molar-refractivity contribution is 0.0697. The van der Waals surface area contributed by atoms with Gasteiger partial charge in [0.05, 0.1) is 23.5 Å². The average Bonchev–Trinajstić information content (AvgIpc) is 3.26. The highest BCUT2D eigenvalue weighted by Gasteiger charge is 2.11. The van der Waals surface area contributed by atoms with Gasteiger partial charge in [0.1, 0.15) is 6.61 Å². The van der Waals surface area contributed by atoms with Crippen LogP contribution in [-0.4, -0.2) is 30.8 Å². The van der Waals surface area contributed by atoms with E-state index in [1.54, 1.807) is 35.3 Å². The van der Waals surface area contributed by atoms with E-state index in [-0.39, 0.29) is 5.56 Å². The highest BCUT2D eigenvalue weighted by Crippen LogP contribution is 2.20. The van der Waals surface area contributed by atoms with Crippen molar-refractivity contribution in [1.29, 1.82) is 0 Å². The Hall–Kier alpha value is -3.61. The molecule has 0 aliphatic heterocycles. The normalized spacial score (nSPS) is 10.9. The van der Waals surface area contributed by atoms with Crippen molar-refractivity contribution in [3.63, 3.8) is 0 Å². The second kappa shape index (κ2) is 6.12. The van der Waals surface area contributed by atoms with E-state index in [2.05, 4.69) is 15.1 Å². The van der Waals surface area contributed by atoms with Gasteiger partial charge in [-0.2, -0.15) is 9.78 Å². The third-order valence-corrected chi connectivity index (χ3v) is 3.79. The largest absolute Gasteiger partial charge is 0.478 e. The number of nitrogens with one attached hydrogen (secondary N) is 1. The van der Waals surface area contributed by atoms with Crippen molar-refractivity contribution in [3.8, 4) is 11.8 Å². The van der Waals surface area contributed by atoms with Crippen LogP contribution < -0.4 is 4.74 Å². The number of hydrogen-bond acceptors (Lipinski definition) is 4. The van der Waals surface area contributed by atoms with Crippen LogP contribution in [0.1, 0.15) is 15.9 Å². The van der Waals surface area contributed by atoms with Gasteiger partial charge in [-0.15, -0.1) is 0 Å². The molecule has 0 unspecified atom stereocenters. The summed E-state index contributed by atoms with van der Waals surface area (Å²) in [6.07, 6.45) is 3.20. The first-order chi connectivity index (χ1) is 12.2. The number of aromatic nitrogens is 4. The number of carbonyl (C=O) groups is 1. The molecule has 7 nitrogen and oxygen atoms in total. The van der Waals surface area contributed by atoms with Crippen LogP contribution in [0.3, 0.4) is 0 Å². The minimum absolute atomic E-state index is 0.221. The lowest BCUT2D eigenvalue weighted by Crippen LogP contribution is -2.00. The van der Waals surface area contributed by atoms with Crippen molar-refractivity contribution in [2.75, 3.05) is 0 Å². The van der Waals surface area contributed by atoms with Crippen LogP contribution >= 0.6 is 0 Å². The minimum atomic E-state index is -0.968. The number of H-pyrrole nitrogens is 1. The molecule has 0 aliphatic rings. The standard InChI is InChI=1S/C18H14N4O3/c23-17(24)13-6-7-15-14(8-13)9-20-22(15)18-19-10-16(21-18)25-11-12-4-2-1-3-5-12/h1-10H,11H2,(H,19,21)(H,23,24). The molecule has 4 aromatic rings. The van der Waals surface area contributed by atoms with Crippen LogP contribution in [0.25, 0.3) is 16.9 Å². The summed E-state index contributed by atoms with van der Waals surface area (Å²) >= 11 is 0. The van der Waals surface area contributed by atoms with E-state index in [0.29, 0.717) is 18.4 Å². The zero-order chi connectivity index (χ0) is 17.2. The molecule has 0 atom stereocenters. The van der Waals surface area contributed by atoms with E-state index in [9.17, 15) is 4.79 Å². The molecule has 0 fully saturated rings. The molecule has 4 rings (SSSR count). The maximum absolute atomic E-state index is 11.1. The second-order valence-electron chi connectivity index (χ2n) is 5.48. The minimum Gasteiger partial charge on any atom is -0.478 e. The number of benzene rings is 2. The number of hydrogen-bond donors (Lipinski definition) is 2. The molecule has 2 heterocycles. The number of aromatic amines is 1. The van der Waals surface area contributed by atoms with Gasteiger partial charge in [-0.05, 0) is 23.8 Å². The van der Waals surface area contributed by atoms with Gasteiger partial charge in [-0.3, -0.25) is 4.98 Å². The summed E-state index contributed by atoms with van der Waals surface area (Å²) in [5.41, 5.74) is 2.04. The molecule has 124 valence electrons. The first-order valence-corrected chi connectivity index (χ1v) is 7.64. The Balaban J connectivity index is 1.57. The predicted molar refractivity (Wildman–Crippen MR) is 90.9 cm³/mol. The van der Waals surface area contributed by atoms with Gasteiger partial charge in [-0.25, -0.2) is 9.78 Å². The Labute approximate surface area is 142 Å². The molecule has 25 heavy (non-hydrogen) atoms. The molecule has 0 spiro atoms. The Bertz CT molecular complexity index is 1040. The molecule has 0 amide bonds. The molecule has 0 bridgehead atoms. The number of ether oxygens (including phenoxy) is 1. The van der Waals surface area contributed by atoms with E-state index in [4.69, 9.17) is 9.84 Å². The van der Waals surface area contributed by atoms with Crippen LogP contribution in [0.5, 0.6) is 5.88 Å². The fourth-order valence-electron chi connectivity index (χ4n) is 2.55. The number of aromatic carboxylic acids is 1.